The second-order valence-corrected chi connectivity index (χ2v) is 2.40. The molecule has 4 heteroatoms. The molecular formula is C8H8FNO2. The van der Waals surface area contributed by atoms with Crippen LogP contribution in [-0.2, 0) is 6.42 Å². The molecule has 0 saturated heterocycles. The molecule has 0 bridgehead atoms. The molecule has 0 heterocycles. The molecule has 0 aliphatic rings. The summed E-state index contributed by atoms with van der Waals surface area (Å²) >= 11 is 0. The van der Waals surface area contributed by atoms with Gasteiger partial charge in [0.15, 0.2) is 0 Å². The van der Waals surface area contributed by atoms with Crippen LogP contribution in [0.2, 0.25) is 0 Å². The number of aryl methyl sites for hydroxylation is 1. The van der Waals surface area contributed by atoms with Gasteiger partial charge in [0.2, 0.25) is 5.82 Å². The van der Waals surface area contributed by atoms with Gasteiger partial charge < -0.3 is 0 Å². The van der Waals surface area contributed by atoms with Crippen molar-refractivity contribution in [2.45, 2.75) is 13.3 Å². The van der Waals surface area contributed by atoms with Gasteiger partial charge in [0.05, 0.1) is 4.92 Å². The highest BCUT2D eigenvalue weighted by molar-refractivity contribution is 5.35. The molecule has 0 atom stereocenters. The van der Waals surface area contributed by atoms with E-state index < -0.39 is 16.4 Å². The van der Waals surface area contributed by atoms with Crippen LogP contribution in [0, 0.1) is 15.9 Å². The maximum Gasteiger partial charge on any atom is 0.305 e. The quantitative estimate of drug-likeness (QED) is 0.503. The summed E-state index contributed by atoms with van der Waals surface area (Å²) in [5, 5.41) is 10.3. The Hall–Kier alpha value is -1.45. The average Bonchev–Trinajstić information content (AvgIpc) is 2.05. The number of nitro benzene ring substituents is 1. The predicted octanol–water partition coefficient (Wildman–Crippen LogP) is 2.30. The molecule has 3 nitrogen and oxygen atoms in total. The van der Waals surface area contributed by atoms with Crippen LogP contribution >= 0.6 is 0 Å². The third kappa shape index (κ3) is 1.58. The van der Waals surface area contributed by atoms with E-state index in [1.54, 1.807) is 6.07 Å². The summed E-state index contributed by atoms with van der Waals surface area (Å²) in [5.74, 6) is -0.780. The van der Waals surface area contributed by atoms with E-state index in [4.69, 9.17) is 0 Å². The normalized spacial score (nSPS) is 9.83. The van der Waals surface area contributed by atoms with Crippen LogP contribution in [0.5, 0.6) is 0 Å². The zero-order valence-corrected chi connectivity index (χ0v) is 6.58. The van der Waals surface area contributed by atoms with Crippen molar-refractivity contribution in [3.8, 4) is 0 Å². The summed E-state index contributed by atoms with van der Waals surface area (Å²) in [4.78, 5) is 9.54. The number of halogens is 1. The Morgan fingerprint density at radius 3 is 2.75 bits per heavy atom. The molecule has 0 aliphatic heterocycles. The highest BCUT2D eigenvalue weighted by Crippen LogP contribution is 2.18. The van der Waals surface area contributed by atoms with Crippen molar-refractivity contribution in [1.29, 1.82) is 0 Å². The van der Waals surface area contributed by atoms with E-state index in [9.17, 15) is 14.5 Å². The molecular weight excluding hydrogens is 161 g/mol. The van der Waals surface area contributed by atoms with Crippen LogP contribution in [0.25, 0.3) is 0 Å². The first kappa shape index (κ1) is 8.64. The largest absolute Gasteiger partial charge is 0.305 e. The van der Waals surface area contributed by atoms with Crippen molar-refractivity contribution in [2.24, 2.45) is 0 Å². The van der Waals surface area contributed by atoms with Gasteiger partial charge in [0.1, 0.15) is 0 Å². The van der Waals surface area contributed by atoms with E-state index in [0.29, 0.717) is 6.42 Å². The van der Waals surface area contributed by atoms with Gasteiger partial charge in [-0.15, -0.1) is 0 Å². The van der Waals surface area contributed by atoms with Gasteiger partial charge >= 0.3 is 5.69 Å². The maximum atomic E-state index is 12.7. The van der Waals surface area contributed by atoms with Crippen molar-refractivity contribution in [3.05, 3.63) is 39.7 Å². The van der Waals surface area contributed by atoms with Crippen molar-refractivity contribution in [3.63, 3.8) is 0 Å². The lowest BCUT2D eigenvalue weighted by atomic mass is 10.1. The number of hydrogen-bond donors (Lipinski definition) is 0. The molecule has 1 aromatic rings. The van der Waals surface area contributed by atoms with Gasteiger partial charge in [-0.1, -0.05) is 13.0 Å². The van der Waals surface area contributed by atoms with Crippen LogP contribution in [0.1, 0.15) is 12.5 Å². The second kappa shape index (κ2) is 3.30. The molecule has 1 rings (SSSR count). The molecule has 0 radical (unpaired) electrons. The van der Waals surface area contributed by atoms with Crippen LogP contribution in [0.15, 0.2) is 18.2 Å². The Labute approximate surface area is 69.0 Å². The van der Waals surface area contributed by atoms with E-state index in [-0.39, 0.29) is 0 Å². The fraction of sp³-hybridized carbons (Fsp3) is 0.250. The summed E-state index contributed by atoms with van der Waals surface area (Å²) in [5.41, 5.74) is 0.317. The summed E-state index contributed by atoms with van der Waals surface area (Å²) in [7, 11) is 0. The van der Waals surface area contributed by atoms with Gasteiger partial charge in [-0.25, -0.2) is 0 Å². The third-order valence-corrected chi connectivity index (χ3v) is 1.62. The first-order valence-electron chi connectivity index (χ1n) is 3.58. The zero-order valence-electron chi connectivity index (χ0n) is 6.58. The fourth-order valence-electron chi connectivity index (χ4n) is 0.918. The molecule has 1 aromatic carbocycles. The highest BCUT2D eigenvalue weighted by Gasteiger charge is 2.12. The molecule has 0 amide bonds. The number of nitrogens with zero attached hydrogens (tertiary/aromatic N) is 1. The lowest BCUT2D eigenvalue weighted by molar-refractivity contribution is -0.387. The minimum absolute atomic E-state index is 0.450. The highest BCUT2D eigenvalue weighted by atomic mass is 19.1. The molecule has 0 spiro atoms. The summed E-state index contributed by atoms with van der Waals surface area (Å²) in [6.07, 6.45) is 0.668. The second-order valence-electron chi connectivity index (χ2n) is 2.40. The Bertz CT molecular complexity index is 312. The molecule has 12 heavy (non-hydrogen) atoms. The van der Waals surface area contributed by atoms with E-state index in [2.05, 4.69) is 0 Å². The Morgan fingerprint density at radius 2 is 2.25 bits per heavy atom. The van der Waals surface area contributed by atoms with Crippen molar-refractivity contribution in [2.75, 3.05) is 0 Å². The lowest BCUT2D eigenvalue weighted by Crippen LogP contribution is -1.93. The predicted molar refractivity (Wildman–Crippen MR) is 42.4 cm³/mol. The summed E-state index contributed by atoms with van der Waals surface area (Å²) in [6.45, 7) is 1.86. The maximum absolute atomic E-state index is 12.7. The van der Waals surface area contributed by atoms with E-state index in [0.717, 1.165) is 11.6 Å². The molecule has 0 N–H and O–H groups in total. The van der Waals surface area contributed by atoms with Crippen molar-refractivity contribution in [1.82, 2.24) is 0 Å². The zero-order chi connectivity index (χ0) is 9.14. The Kier molecular flexibility index (Phi) is 2.38. The topological polar surface area (TPSA) is 43.1 Å². The van der Waals surface area contributed by atoms with Crippen LogP contribution in [0.3, 0.4) is 0 Å². The number of nitro groups is 1. The molecule has 0 aromatic heterocycles. The Morgan fingerprint density at radius 1 is 1.58 bits per heavy atom. The minimum atomic E-state index is -0.780. The van der Waals surface area contributed by atoms with Crippen LogP contribution < -0.4 is 0 Å². The van der Waals surface area contributed by atoms with Gasteiger partial charge in [-0.3, -0.25) is 10.1 Å². The minimum Gasteiger partial charge on any atom is -0.258 e. The molecule has 0 unspecified atom stereocenters. The van der Waals surface area contributed by atoms with E-state index in [1.807, 2.05) is 6.92 Å². The average molecular weight is 169 g/mol. The summed E-state index contributed by atoms with van der Waals surface area (Å²) in [6, 6.07) is 3.93. The molecule has 0 saturated carbocycles. The monoisotopic (exact) mass is 169 g/mol. The summed E-state index contributed by atoms with van der Waals surface area (Å²) < 4.78 is 12.7. The van der Waals surface area contributed by atoms with Gasteiger partial charge in [-0.2, -0.15) is 4.39 Å². The SMILES string of the molecule is CCc1ccc(F)c([N+](=O)[O-])c1. The molecule has 0 fully saturated rings. The molecule has 64 valence electrons. The van der Waals surface area contributed by atoms with Crippen molar-refractivity contribution < 1.29 is 9.31 Å². The first-order chi connectivity index (χ1) is 5.65. The third-order valence-electron chi connectivity index (χ3n) is 1.62. The van der Waals surface area contributed by atoms with E-state index in [1.165, 1.54) is 6.07 Å². The van der Waals surface area contributed by atoms with E-state index >= 15 is 0 Å². The van der Waals surface area contributed by atoms with Gasteiger partial charge in [0, 0.05) is 6.07 Å². The van der Waals surface area contributed by atoms with Crippen LogP contribution in [0.4, 0.5) is 10.1 Å². The number of rotatable bonds is 2. The van der Waals surface area contributed by atoms with Gasteiger partial charge in [0.25, 0.3) is 0 Å². The first-order valence-corrected chi connectivity index (χ1v) is 3.58. The lowest BCUT2D eigenvalue weighted by Gasteiger charge is -1.96. The smallest absolute Gasteiger partial charge is 0.258 e. The number of benzene rings is 1. The standard InChI is InChI=1S/C8H8FNO2/c1-2-6-3-4-7(9)8(5-6)10(11)12/h3-5H,2H2,1H3. The fourth-order valence-corrected chi connectivity index (χ4v) is 0.918. The Balaban J connectivity index is 3.17. The van der Waals surface area contributed by atoms with Crippen molar-refractivity contribution >= 4 is 5.69 Å². The van der Waals surface area contributed by atoms with Gasteiger partial charge in [-0.05, 0) is 18.1 Å². The molecule has 0 aliphatic carbocycles. The van der Waals surface area contributed by atoms with Crippen LogP contribution in [-0.4, -0.2) is 4.92 Å². The number of hydrogen-bond acceptors (Lipinski definition) is 2.